The number of rotatable bonds is 1. The van der Waals surface area contributed by atoms with E-state index in [4.69, 9.17) is 16.0 Å². The first kappa shape index (κ1) is 8.65. The van der Waals surface area contributed by atoms with E-state index in [9.17, 15) is 5.11 Å². The van der Waals surface area contributed by atoms with Gasteiger partial charge in [0.15, 0.2) is 15.6 Å². The van der Waals surface area contributed by atoms with Gasteiger partial charge in [-0.15, -0.1) is 0 Å². The van der Waals surface area contributed by atoms with Crippen LogP contribution in [-0.4, -0.2) is 14.9 Å². The highest BCUT2D eigenvalue weighted by Gasteiger charge is 2.10. The maximum absolute atomic E-state index is 9.20. The molecule has 0 amide bonds. The summed E-state index contributed by atoms with van der Waals surface area (Å²) in [6.07, 6.45) is 1.31. The molecule has 0 spiro atoms. The lowest BCUT2D eigenvalue weighted by atomic mass is 10.6. The van der Waals surface area contributed by atoms with Gasteiger partial charge in [-0.3, -0.25) is 0 Å². The molecule has 0 bridgehead atoms. The summed E-state index contributed by atoms with van der Waals surface area (Å²) < 4.78 is 6.91. The Bertz CT molecular complexity index is 437. The summed E-state index contributed by atoms with van der Waals surface area (Å²) in [6, 6.07) is 3.25. The third kappa shape index (κ3) is 1.45. The third-order valence-electron chi connectivity index (χ3n) is 1.46. The Balaban J connectivity index is 2.52. The van der Waals surface area contributed by atoms with Crippen molar-refractivity contribution in [2.45, 2.75) is 0 Å². The topological polar surface area (TPSA) is 51.2 Å². The minimum Gasteiger partial charge on any atom is -0.504 e. The van der Waals surface area contributed by atoms with Crippen LogP contribution in [0.3, 0.4) is 0 Å². The van der Waals surface area contributed by atoms with Crippen LogP contribution in [0, 0.1) is 0 Å². The van der Waals surface area contributed by atoms with Crippen LogP contribution in [0.1, 0.15) is 0 Å². The molecule has 1 N–H and O–H groups in total. The van der Waals surface area contributed by atoms with Crippen LogP contribution in [-0.2, 0) is 0 Å². The Labute approximate surface area is 86.9 Å². The molecular formula is C7H4BrClN2O2. The number of aromatic hydroxyl groups is 1. The summed E-state index contributed by atoms with van der Waals surface area (Å²) in [5, 5.41) is 13.3. The van der Waals surface area contributed by atoms with E-state index in [1.165, 1.54) is 10.9 Å². The van der Waals surface area contributed by atoms with Crippen LogP contribution in [0.5, 0.6) is 5.75 Å². The molecule has 13 heavy (non-hydrogen) atoms. The van der Waals surface area contributed by atoms with Crippen molar-refractivity contribution in [1.29, 1.82) is 0 Å². The van der Waals surface area contributed by atoms with Crippen molar-refractivity contribution < 1.29 is 9.52 Å². The lowest BCUT2D eigenvalue weighted by Crippen LogP contribution is -1.93. The van der Waals surface area contributed by atoms with Gasteiger partial charge in [0.05, 0.1) is 6.20 Å². The fourth-order valence-corrected chi connectivity index (χ4v) is 1.41. The van der Waals surface area contributed by atoms with Gasteiger partial charge in [0.1, 0.15) is 0 Å². The first-order valence-corrected chi connectivity index (χ1v) is 4.54. The lowest BCUT2D eigenvalue weighted by molar-refractivity contribution is 0.468. The van der Waals surface area contributed by atoms with E-state index in [0.717, 1.165) is 0 Å². The fraction of sp³-hybridized carbons (Fsp3) is 0. The van der Waals surface area contributed by atoms with Crippen molar-refractivity contribution in [2.75, 3.05) is 0 Å². The van der Waals surface area contributed by atoms with Gasteiger partial charge in [-0.05, 0) is 33.6 Å². The first-order chi connectivity index (χ1) is 6.18. The van der Waals surface area contributed by atoms with Gasteiger partial charge in [-0.2, -0.15) is 9.78 Å². The number of halogens is 2. The molecule has 2 heterocycles. The average molecular weight is 263 g/mol. The second-order valence-electron chi connectivity index (χ2n) is 2.31. The zero-order valence-electron chi connectivity index (χ0n) is 6.24. The molecule has 6 heteroatoms. The van der Waals surface area contributed by atoms with Gasteiger partial charge in [-0.1, -0.05) is 0 Å². The molecule has 0 atom stereocenters. The molecule has 0 aromatic carbocycles. The molecule has 0 aliphatic carbocycles. The zero-order chi connectivity index (χ0) is 9.42. The van der Waals surface area contributed by atoms with Crippen LogP contribution < -0.4 is 0 Å². The standard InChI is InChI=1S/C7H4BrClN2O2/c8-7-4(12)3-10-11(7)6-2-1-5(9)13-6/h1-3,12H. The highest BCUT2D eigenvalue weighted by Crippen LogP contribution is 2.27. The summed E-state index contributed by atoms with van der Waals surface area (Å²) >= 11 is 8.73. The summed E-state index contributed by atoms with van der Waals surface area (Å²) in [5.41, 5.74) is 0. The molecule has 0 saturated heterocycles. The van der Waals surface area contributed by atoms with Crippen LogP contribution in [0.15, 0.2) is 27.3 Å². The summed E-state index contributed by atoms with van der Waals surface area (Å²) in [5.74, 6) is 0.490. The van der Waals surface area contributed by atoms with E-state index in [2.05, 4.69) is 21.0 Å². The number of hydrogen-bond acceptors (Lipinski definition) is 3. The Kier molecular flexibility index (Phi) is 2.05. The van der Waals surface area contributed by atoms with Gasteiger partial charge in [-0.25, -0.2) is 0 Å². The van der Waals surface area contributed by atoms with E-state index in [1.807, 2.05) is 0 Å². The minimum atomic E-state index is 0.0486. The van der Waals surface area contributed by atoms with Crippen molar-refractivity contribution in [1.82, 2.24) is 9.78 Å². The van der Waals surface area contributed by atoms with Crippen molar-refractivity contribution in [2.24, 2.45) is 0 Å². The van der Waals surface area contributed by atoms with Gasteiger partial charge in [0.2, 0.25) is 5.88 Å². The molecule has 0 aliphatic heterocycles. The second-order valence-corrected chi connectivity index (χ2v) is 3.43. The first-order valence-electron chi connectivity index (χ1n) is 3.36. The number of furan rings is 1. The summed E-state index contributed by atoms with van der Waals surface area (Å²) in [6.45, 7) is 0. The quantitative estimate of drug-likeness (QED) is 0.860. The number of aromatic nitrogens is 2. The van der Waals surface area contributed by atoms with E-state index < -0.39 is 0 Å². The predicted octanol–water partition coefficient (Wildman–Crippen LogP) is 2.59. The molecule has 2 aromatic rings. The molecule has 68 valence electrons. The molecule has 4 nitrogen and oxygen atoms in total. The molecule has 0 saturated carbocycles. The van der Waals surface area contributed by atoms with Gasteiger partial charge >= 0.3 is 0 Å². The molecule has 0 radical (unpaired) electrons. The van der Waals surface area contributed by atoms with E-state index in [0.29, 0.717) is 10.5 Å². The Morgan fingerprint density at radius 3 is 2.77 bits per heavy atom. The smallest absolute Gasteiger partial charge is 0.223 e. The van der Waals surface area contributed by atoms with Crippen molar-refractivity contribution in [3.63, 3.8) is 0 Å². The minimum absolute atomic E-state index is 0.0486. The maximum Gasteiger partial charge on any atom is 0.223 e. The van der Waals surface area contributed by atoms with Crippen molar-refractivity contribution in [3.8, 4) is 11.6 Å². The monoisotopic (exact) mass is 262 g/mol. The second kappa shape index (κ2) is 3.08. The largest absolute Gasteiger partial charge is 0.504 e. The van der Waals surface area contributed by atoms with Crippen LogP contribution in [0.4, 0.5) is 0 Å². The van der Waals surface area contributed by atoms with Gasteiger partial charge < -0.3 is 9.52 Å². The SMILES string of the molecule is Oc1cnn(-c2ccc(Cl)o2)c1Br. The highest BCUT2D eigenvalue weighted by atomic mass is 79.9. The predicted molar refractivity (Wildman–Crippen MR) is 50.2 cm³/mol. The molecule has 2 aromatic heterocycles. The average Bonchev–Trinajstić information content (AvgIpc) is 2.62. The van der Waals surface area contributed by atoms with E-state index >= 15 is 0 Å². The normalized spacial score (nSPS) is 10.6. The molecule has 0 unspecified atom stereocenters. The maximum atomic E-state index is 9.20. The van der Waals surface area contributed by atoms with Crippen LogP contribution in [0.25, 0.3) is 5.88 Å². The number of nitrogens with zero attached hydrogens (tertiary/aromatic N) is 2. The Morgan fingerprint density at radius 1 is 1.54 bits per heavy atom. The van der Waals surface area contributed by atoms with Crippen molar-refractivity contribution in [3.05, 3.63) is 28.2 Å². The van der Waals surface area contributed by atoms with Crippen LogP contribution in [0.2, 0.25) is 5.22 Å². The van der Waals surface area contributed by atoms with E-state index in [-0.39, 0.29) is 11.0 Å². The highest BCUT2D eigenvalue weighted by molar-refractivity contribution is 9.10. The molecule has 2 rings (SSSR count). The molecule has 0 aliphatic rings. The summed E-state index contributed by atoms with van der Waals surface area (Å²) in [7, 11) is 0. The Morgan fingerprint density at radius 2 is 2.31 bits per heavy atom. The fourth-order valence-electron chi connectivity index (χ4n) is 0.897. The zero-order valence-corrected chi connectivity index (χ0v) is 8.58. The summed E-state index contributed by atoms with van der Waals surface area (Å²) in [4.78, 5) is 0. The van der Waals surface area contributed by atoms with Crippen molar-refractivity contribution >= 4 is 27.5 Å². The van der Waals surface area contributed by atoms with Gasteiger partial charge in [0, 0.05) is 6.07 Å². The van der Waals surface area contributed by atoms with E-state index in [1.54, 1.807) is 12.1 Å². The van der Waals surface area contributed by atoms with Crippen LogP contribution >= 0.6 is 27.5 Å². The third-order valence-corrected chi connectivity index (χ3v) is 2.41. The number of hydrogen-bond donors (Lipinski definition) is 1. The lowest BCUT2D eigenvalue weighted by Gasteiger charge is -1.96. The molecule has 0 fully saturated rings. The molecular weight excluding hydrogens is 259 g/mol. The Hall–Kier alpha value is -0.940. The van der Waals surface area contributed by atoms with Gasteiger partial charge in [0.25, 0.3) is 0 Å².